The second-order valence-corrected chi connectivity index (χ2v) is 4.31. The largest absolute Gasteiger partial charge is 0.465 e. The van der Waals surface area contributed by atoms with Crippen molar-refractivity contribution in [2.75, 3.05) is 12.4 Å². The Kier molecular flexibility index (Phi) is 5.24. The van der Waals surface area contributed by atoms with Crippen LogP contribution < -0.4 is 16.2 Å². The van der Waals surface area contributed by atoms with Gasteiger partial charge in [-0.05, 0) is 24.3 Å². The average Bonchev–Trinajstić information content (AvgIpc) is 2.60. The van der Waals surface area contributed by atoms with Crippen LogP contribution in [0.15, 0.2) is 48.8 Å². The first-order chi connectivity index (χ1) is 11.1. The maximum Gasteiger partial charge on any atom is 0.339 e. The number of carbonyl (C=O) groups excluding carboxylic acids is 3. The summed E-state index contributed by atoms with van der Waals surface area (Å²) in [5, 5.41) is 2.45. The van der Waals surface area contributed by atoms with Crippen LogP contribution in [-0.2, 0) is 4.74 Å². The number of pyridine rings is 1. The Balaban J connectivity index is 1.96. The maximum absolute atomic E-state index is 11.8. The lowest BCUT2D eigenvalue weighted by Crippen LogP contribution is -2.44. The van der Waals surface area contributed by atoms with Crippen LogP contribution in [0.4, 0.5) is 10.5 Å². The molecule has 0 aliphatic carbocycles. The van der Waals surface area contributed by atoms with Crippen molar-refractivity contribution in [3.8, 4) is 0 Å². The minimum absolute atomic E-state index is 0.200. The number of aromatic nitrogens is 1. The third-order valence-electron chi connectivity index (χ3n) is 2.81. The number of carbonyl (C=O) groups is 3. The van der Waals surface area contributed by atoms with Gasteiger partial charge in [0.1, 0.15) is 0 Å². The monoisotopic (exact) mass is 314 g/mol. The zero-order valence-corrected chi connectivity index (χ0v) is 12.2. The summed E-state index contributed by atoms with van der Waals surface area (Å²) in [5.74, 6) is -1.08. The molecule has 0 atom stereocenters. The minimum atomic E-state index is -0.705. The van der Waals surface area contributed by atoms with E-state index in [4.69, 9.17) is 0 Å². The summed E-state index contributed by atoms with van der Waals surface area (Å²) >= 11 is 0. The highest BCUT2D eigenvalue weighted by Gasteiger charge is 2.13. The topological polar surface area (TPSA) is 109 Å². The van der Waals surface area contributed by atoms with E-state index in [0.717, 1.165) is 0 Å². The van der Waals surface area contributed by atoms with Crippen molar-refractivity contribution in [1.82, 2.24) is 15.8 Å². The molecule has 0 radical (unpaired) electrons. The molecule has 1 aromatic carbocycles. The molecule has 0 aliphatic heterocycles. The standard InChI is InChI=1S/C15H14N4O4/c1-23-14(21)11-4-2-3-5-12(11)17-15(22)19-18-13(20)10-6-8-16-9-7-10/h2-9H,1H3,(H,18,20)(H2,17,19,22). The number of nitrogens with one attached hydrogen (secondary N) is 3. The van der Waals surface area contributed by atoms with Crippen LogP contribution in [0.1, 0.15) is 20.7 Å². The molecule has 8 nitrogen and oxygen atoms in total. The van der Waals surface area contributed by atoms with Gasteiger partial charge in [-0.1, -0.05) is 12.1 Å². The van der Waals surface area contributed by atoms with Crippen LogP contribution in [0, 0.1) is 0 Å². The van der Waals surface area contributed by atoms with Crippen LogP contribution in [0.5, 0.6) is 0 Å². The minimum Gasteiger partial charge on any atom is -0.465 e. The predicted molar refractivity (Wildman–Crippen MR) is 81.6 cm³/mol. The van der Waals surface area contributed by atoms with Crippen LogP contribution in [0.25, 0.3) is 0 Å². The van der Waals surface area contributed by atoms with Gasteiger partial charge < -0.3 is 10.1 Å². The van der Waals surface area contributed by atoms with E-state index in [0.29, 0.717) is 5.56 Å². The average molecular weight is 314 g/mol. The number of anilines is 1. The molecular weight excluding hydrogens is 300 g/mol. The first-order valence-electron chi connectivity index (χ1n) is 6.56. The number of hydrogen-bond acceptors (Lipinski definition) is 5. The Morgan fingerprint density at radius 3 is 2.39 bits per heavy atom. The highest BCUT2D eigenvalue weighted by Crippen LogP contribution is 2.15. The van der Waals surface area contributed by atoms with Crippen LogP contribution in [-0.4, -0.2) is 30.0 Å². The van der Waals surface area contributed by atoms with Crippen molar-refractivity contribution >= 4 is 23.6 Å². The summed E-state index contributed by atoms with van der Waals surface area (Å²) in [6, 6.07) is 8.64. The van der Waals surface area contributed by atoms with E-state index in [1.54, 1.807) is 12.1 Å². The third-order valence-corrected chi connectivity index (χ3v) is 2.81. The number of para-hydroxylation sites is 1. The normalized spacial score (nSPS) is 9.61. The van der Waals surface area contributed by atoms with Crippen molar-refractivity contribution in [3.63, 3.8) is 0 Å². The molecule has 0 bridgehead atoms. The molecule has 8 heteroatoms. The van der Waals surface area contributed by atoms with Crippen LogP contribution >= 0.6 is 0 Å². The second-order valence-electron chi connectivity index (χ2n) is 4.31. The Labute approximate surface area is 131 Å². The van der Waals surface area contributed by atoms with E-state index in [-0.39, 0.29) is 11.3 Å². The van der Waals surface area contributed by atoms with Gasteiger partial charge in [-0.25, -0.2) is 15.0 Å². The molecule has 0 aliphatic rings. The van der Waals surface area contributed by atoms with Crippen molar-refractivity contribution in [2.45, 2.75) is 0 Å². The summed E-state index contributed by atoms with van der Waals surface area (Å²) in [4.78, 5) is 39.0. The smallest absolute Gasteiger partial charge is 0.339 e. The Hall–Kier alpha value is -3.42. The summed E-state index contributed by atoms with van der Waals surface area (Å²) in [5.41, 5.74) is 5.23. The fourth-order valence-electron chi connectivity index (χ4n) is 1.72. The molecule has 0 unspecified atom stereocenters. The Morgan fingerprint density at radius 2 is 1.70 bits per heavy atom. The molecule has 2 aromatic rings. The summed E-state index contributed by atoms with van der Waals surface area (Å²) in [7, 11) is 1.24. The van der Waals surface area contributed by atoms with Gasteiger partial charge >= 0.3 is 12.0 Å². The summed E-state index contributed by atoms with van der Waals surface area (Å²) in [6.45, 7) is 0. The van der Waals surface area contributed by atoms with E-state index in [2.05, 4.69) is 25.9 Å². The maximum atomic E-state index is 11.8. The highest BCUT2D eigenvalue weighted by molar-refractivity contribution is 6.01. The van der Waals surface area contributed by atoms with E-state index in [9.17, 15) is 14.4 Å². The molecule has 3 amide bonds. The number of esters is 1. The van der Waals surface area contributed by atoms with Gasteiger partial charge in [0.15, 0.2) is 0 Å². The molecular formula is C15H14N4O4. The molecule has 1 aromatic heterocycles. The Morgan fingerprint density at radius 1 is 1.00 bits per heavy atom. The molecule has 0 saturated carbocycles. The number of amides is 3. The molecule has 0 saturated heterocycles. The quantitative estimate of drug-likeness (QED) is 0.585. The van der Waals surface area contributed by atoms with Crippen molar-refractivity contribution in [2.24, 2.45) is 0 Å². The lowest BCUT2D eigenvalue weighted by Gasteiger charge is -2.11. The number of hydrazine groups is 1. The number of hydrogen-bond donors (Lipinski definition) is 3. The number of benzene rings is 1. The number of nitrogens with zero attached hydrogens (tertiary/aromatic N) is 1. The first kappa shape index (κ1) is 16.0. The van der Waals surface area contributed by atoms with E-state index >= 15 is 0 Å². The van der Waals surface area contributed by atoms with Gasteiger partial charge in [-0.15, -0.1) is 0 Å². The summed E-state index contributed by atoms with van der Waals surface area (Å²) < 4.78 is 4.63. The van der Waals surface area contributed by atoms with E-state index < -0.39 is 17.9 Å². The molecule has 0 spiro atoms. The number of ether oxygens (including phenoxy) is 1. The van der Waals surface area contributed by atoms with E-state index in [1.807, 2.05) is 0 Å². The van der Waals surface area contributed by atoms with Crippen LogP contribution in [0.2, 0.25) is 0 Å². The van der Waals surface area contributed by atoms with Crippen molar-refractivity contribution in [3.05, 3.63) is 59.9 Å². The second kappa shape index (κ2) is 7.55. The zero-order valence-electron chi connectivity index (χ0n) is 12.2. The Bertz CT molecular complexity index is 718. The molecule has 2 rings (SSSR count). The van der Waals surface area contributed by atoms with Gasteiger partial charge in [0.25, 0.3) is 5.91 Å². The zero-order chi connectivity index (χ0) is 16.7. The van der Waals surface area contributed by atoms with Gasteiger partial charge in [0.2, 0.25) is 0 Å². The van der Waals surface area contributed by atoms with Crippen molar-refractivity contribution < 1.29 is 19.1 Å². The van der Waals surface area contributed by atoms with Gasteiger partial charge in [0.05, 0.1) is 18.4 Å². The van der Waals surface area contributed by atoms with Crippen LogP contribution in [0.3, 0.4) is 0 Å². The third kappa shape index (κ3) is 4.27. The lowest BCUT2D eigenvalue weighted by molar-refractivity contribution is 0.0601. The van der Waals surface area contributed by atoms with Gasteiger partial charge in [0, 0.05) is 18.0 Å². The molecule has 0 fully saturated rings. The summed E-state index contributed by atoms with van der Waals surface area (Å²) in [6.07, 6.45) is 2.92. The van der Waals surface area contributed by atoms with Gasteiger partial charge in [-0.2, -0.15) is 0 Å². The van der Waals surface area contributed by atoms with E-state index in [1.165, 1.54) is 43.8 Å². The fraction of sp³-hybridized carbons (Fsp3) is 0.0667. The predicted octanol–water partition coefficient (Wildman–Crippen LogP) is 1.33. The first-order valence-corrected chi connectivity index (χ1v) is 6.56. The van der Waals surface area contributed by atoms with Crippen molar-refractivity contribution in [1.29, 1.82) is 0 Å². The SMILES string of the molecule is COC(=O)c1ccccc1NC(=O)NNC(=O)c1ccncc1. The molecule has 23 heavy (non-hydrogen) atoms. The molecule has 3 N–H and O–H groups in total. The number of methoxy groups -OCH3 is 1. The van der Waals surface area contributed by atoms with Gasteiger partial charge in [-0.3, -0.25) is 15.2 Å². The molecule has 118 valence electrons. The highest BCUT2D eigenvalue weighted by atomic mass is 16.5. The number of rotatable bonds is 3. The fourth-order valence-corrected chi connectivity index (χ4v) is 1.72. The number of urea groups is 1. The lowest BCUT2D eigenvalue weighted by atomic mass is 10.2. The molecule has 1 heterocycles.